The van der Waals surface area contributed by atoms with E-state index in [0.717, 1.165) is 15.6 Å². The maximum atomic E-state index is 11.3. The molecule has 19 heavy (non-hydrogen) atoms. The van der Waals surface area contributed by atoms with Gasteiger partial charge in [0.15, 0.2) is 5.16 Å². The van der Waals surface area contributed by atoms with E-state index in [1.807, 2.05) is 24.3 Å². The van der Waals surface area contributed by atoms with Crippen molar-refractivity contribution in [3.05, 3.63) is 41.0 Å². The lowest BCUT2D eigenvalue weighted by Crippen LogP contribution is -1.96. The zero-order valence-corrected chi connectivity index (χ0v) is 11.3. The van der Waals surface area contributed by atoms with Gasteiger partial charge in [0.2, 0.25) is 0 Å². The molecule has 0 spiro atoms. The highest BCUT2D eigenvalue weighted by Crippen LogP contribution is 2.34. The first-order valence-corrected chi connectivity index (χ1v) is 7.28. The molecule has 5 nitrogen and oxygen atoms in total. The maximum absolute atomic E-state index is 11.3. The number of aromatic carboxylic acids is 1. The van der Waals surface area contributed by atoms with Crippen molar-refractivity contribution in [2.24, 2.45) is 0 Å². The van der Waals surface area contributed by atoms with Crippen LogP contribution >= 0.6 is 23.1 Å². The Labute approximate surface area is 116 Å². The molecule has 0 saturated heterocycles. The predicted molar refractivity (Wildman–Crippen MR) is 74.7 cm³/mol. The van der Waals surface area contributed by atoms with Crippen LogP contribution in [0.15, 0.2) is 35.7 Å². The second-order valence-corrected chi connectivity index (χ2v) is 5.81. The van der Waals surface area contributed by atoms with Crippen LogP contribution in [0.5, 0.6) is 0 Å². The quantitative estimate of drug-likeness (QED) is 0.722. The smallest absolute Gasteiger partial charge is 0.346 e. The van der Waals surface area contributed by atoms with Crippen LogP contribution < -0.4 is 0 Å². The summed E-state index contributed by atoms with van der Waals surface area (Å²) in [6, 6.07) is 7.73. The highest BCUT2D eigenvalue weighted by molar-refractivity contribution is 7.98. The molecule has 96 valence electrons. The second kappa shape index (κ2) is 5.02. The van der Waals surface area contributed by atoms with Crippen LogP contribution in [0.2, 0.25) is 0 Å². The van der Waals surface area contributed by atoms with Gasteiger partial charge in [-0.2, -0.15) is 5.10 Å². The molecule has 3 rings (SSSR count). The third-order valence-corrected chi connectivity index (χ3v) is 4.74. The first-order valence-electron chi connectivity index (χ1n) is 5.47. The number of nitrogens with zero attached hydrogens (tertiary/aromatic N) is 2. The molecular formula is C12H9N3O2S2. The first kappa shape index (κ1) is 12.2. The molecule has 2 heterocycles. The number of thioether (sulfide) groups is 1. The number of hydrogen-bond donors (Lipinski definition) is 2. The lowest BCUT2D eigenvalue weighted by Gasteiger charge is -1.99. The van der Waals surface area contributed by atoms with Gasteiger partial charge in [-0.05, 0) is 17.0 Å². The van der Waals surface area contributed by atoms with Crippen molar-refractivity contribution >= 4 is 39.2 Å². The minimum absolute atomic E-state index is 0.396. The molecule has 0 saturated carbocycles. The highest BCUT2D eigenvalue weighted by atomic mass is 32.2. The SMILES string of the molecule is O=C(O)c1sc2ccccc2c1CSc1ncn[nH]1. The molecule has 7 heteroatoms. The molecule has 0 unspecified atom stereocenters. The molecule has 0 fully saturated rings. The van der Waals surface area contributed by atoms with E-state index in [9.17, 15) is 9.90 Å². The lowest BCUT2D eigenvalue weighted by molar-refractivity contribution is 0.0701. The largest absolute Gasteiger partial charge is 0.477 e. The second-order valence-electron chi connectivity index (χ2n) is 3.79. The number of thiophene rings is 1. The van der Waals surface area contributed by atoms with Gasteiger partial charge in [0.25, 0.3) is 0 Å². The molecule has 1 aromatic carbocycles. The van der Waals surface area contributed by atoms with E-state index < -0.39 is 5.97 Å². The zero-order valence-electron chi connectivity index (χ0n) is 9.66. The van der Waals surface area contributed by atoms with Gasteiger partial charge < -0.3 is 5.11 Å². The van der Waals surface area contributed by atoms with Gasteiger partial charge in [0.05, 0.1) is 0 Å². The Morgan fingerprint density at radius 1 is 1.42 bits per heavy atom. The van der Waals surface area contributed by atoms with Crippen molar-refractivity contribution in [1.29, 1.82) is 0 Å². The van der Waals surface area contributed by atoms with E-state index in [4.69, 9.17) is 0 Å². The summed E-state index contributed by atoms with van der Waals surface area (Å²) in [5.74, 6) is -0.324. The maximum Gasteiger partial charge on any atom is 0.346 e. The normalized spacial score (nSPS) is 10.9. The number of carboxylic acid groups (broad SMARTS) is 1. The van der Waals surface area contributed by atoms with Crippen LogP contribution in [0, 0.1) is 0 Å². The van der Waals surface area contributed by atoms with Gasteiger partial charge >= 0.3 is 5.97 Å². The summed E-state index contributed by atoms with van der Waals surface area (Å²) in [7, 11) is 0. The Hall–Kier alpha value is -1.86. The number of H-pyrrole nitrogens is 1. The summed E-state index contributed by atoms with van der Waals surface area (Å²) in [6.45, 7) is 0. The fourth-order valence-corrected chi connectivity index (χ4v) is 3.79. The Kier molecular flexibility index (Phi) is 3.22. The van der Waals surface area contributed by atoms with Crippen molar-refractivity contribution in [2.45, 2.75) is 10.9 Å². The van der Waals surface area contributed by atoms with Crippen molar-refractivity contribution in [2.75, 3.05) is 0 Å². The van der Waals surface area contributed by atoms with Crippen LogP contribution in [-0.2, 0) is 5.75 Å². The van der Waals surface area contributed by atoms with Gasteiger partial charge in [-0.25, -0.2) is 9.78 Å². The molecule has 0 atom stereocenters. The Morgan fingerprint density at radius 2 is 2.26 bits per heavy atom. The van der Waals surface area contributed by atoms with Crippen molar-refractivity contribution in [1.82, 2.24) is 15.2 Å². The van der Waals surface area contributed by atoms with Crippen LogP contribution in [0.25, 0.3) is 10.1 Å². The summed E-state index contributed by atoms with van der Waals surface area (Å²) >= 11 is 2.76. The van der Waals surface area contributed by atoms with E-state index in [1.165, 1.54) is 29.4 Å². The molecule has 0 aliphatic heterocycles. The van der Waals surface area contributed by atoms with Crippen molar-refractivity contribution < 1.29 is 9.90 Å². The minimum Gasteiger partial charge on any atom is -0.477 e. The number of aromatic amines is 1. The van der Waals surface area contributed by atoms with Crippen LogP contribution in [0.4, 0.5) is 0 Å². The number of rotatable bonds is 4. The molecule has 0 aliphatic rings. The number of nitrogens with one attached hydrogen (secondary N) is 1. The number of carbonyl (C=O) groups is 1. The highest BCUT2D eigenvalue weighted by Gasteiger charge is 2.17. The molecule has 0 bridgehead atoms. The van der Waals surface area contributed by atoms with Gasteiger partial charge in [-0.15, -0.1) is 11.3 Å². The number of benzene rings is 1. The van der Waals surface area contributed by atoms with E-state index in [0.29, 0.717) is 15.8 Å². The van der Waals surface area contributed by atoms with Crippen LogP contribution in [0.1, 0.15) is 15.2 Å². The predicted octanol–water partition coefficient (Wildman–Crippen LogP) is 3.01. The molecule has 2 N–H and O–H groups in total. The third-order valence-electron chi connectivity index (χ3n) is 2.64. The summed E-state index contributed by atoms with van der Waals surface area (Å²) in [5, 5.41) is 17.5. The number of carboxylic acids is 1. The van der Waals surface area contributed by atoms with E-state index >= 15 is 0 Å². The zero-order chi connectivity index (χ0) is 13.2. The fourth-order valence-electron chi connectivity index (χ4n) is 1.82. The topological polar surface area (TPSA) is 78.9 Å². The Bertz CT molecular complexity index is 722. The molecular weight excluding hydrogens is 282 g/mol. The van der Waals surface area contributed by atoms with Crippen molar-refractivity contribution in [3.63, 3.8) is 0 Å². The Balaban J connectivity index is 2.00. The molecule has 0 radical (unpaired) electrons. The van der Waals surface area contributed by atoms with E-state index in [-0.39, 0.29) is 0 Å². The molecule has 2 aromatic heterocycles. The van der Waals surface area contributed by atoms with E-state index in [1.54, 1.807) is 0 Å². The van der Waals surface area contributed by atoms with Crippen LogP contribution in [-0.4, -0.2) is 26.3 Å². The number of aromatic nitrogens is 3. The third kappa shape index (κ3) is 2.34. The van der Waals surface area contributed by atoms with E-state index in [2.05, 4.69) is 15.2 Å². The average molecular weight is 291 g/mol. The summed E-state index contributed by atoms with van der Waals surface area (Å²) in [6.07, 6.45) is 1.44. The summed E-state index contributed by atoms with van der Waals surface area (Å²) in [5.41, 5.74) is 0.842. The number of fused-ring (bicyclic) bond motifs is 1. The lowest BCUT2D eigenvalue weighted by atomic mass is 10.1. The van der Waals surface area contributed by atoms with Crippen molar-refractivity contribution in [3.8, 4) is 0 Å². The average Bonchev–Trinajstić information content (AvgIpc) is 3.03. The number of hydrogen-bond acceptors (Lipinski definition) is 5. The van der Waals surface area contributed by atoms with Gasteiger partial charge in [-0.3, -0.25) is 5.10 Å². The molecule has 3 aromatic rings. The molecule has 0 aliphatic carbocycles. The molecule has 0 amide bonds. The van der Waals surface area contributed by atoms with Gasteiger partial charge in [0, 0.05) is 10.5 Å². The van der Waals surface area contributed by atoms with Gasteiger partial charge in [-0.1, -0.05) is 30.0 Å². The monoisotopic (exact) mass is 291 g/mol. The van der Waals surface area contributed by atoms with Crippen LogP contribution in [0.3, 0.4) is 0 Å². The summed E-state index contributed by atoms with van der Waals surface area (Å²) in [4.78, 5) is 15.7. The Morgan fingerprint density at radius 3 is 3.00 bits per heavy atom. The first-order chi connectivity index (χ1) is 9.25. The minimum atomic E-state index is -0.880. The van der Waals surface area contributed by atoms with Gasteiger partial charge in [0.1, 0.15) is 11.2 Å². The summed E-state index contributed by atoms with van der Waals surface area (Å²) < 4.78 is 0.994. The standard InChI is InChI=1S/C12H9N3O2S2/c16-11(17)10-8(5-18-12-13-6-14-15-12)7-3-1-2-4-9(7)19-10/h1-4,6H,5H2,(H,16,17)(H,13,14,15). The fraction of sp³-hybridized carbons (Fsp3) is 0.0833.